The van der Waals surface area contributed by atoms with E-state index in [4.69, 9.17) is 18.9 Å². The fourth-order valence-electron chi connectivity index (χ4n) is 2.07. The monoisotopic (exact) mass is 396 g/mol. The highest BCUT2D eigenvalue weighted by Gasteiger charge is 2.53. The van der Waals surface area contributed by atoms with Crippen molar-refractivity contribution in [2.75, 3.05) is 7.11 Å². The van der Waals surface area contributed by atoms with Crippen LogP contribution in [0.3, 0.4) is 0 Å². The Hall–Kier alpha value is -1.68. The second-order valence-corrected chi connectivity index (χ2v) is 5.56. The molecule has 0 aromatic carbocycles. The van der Waals surface area contributed by atoms with Gasteiger partial charge in [-0.2, -0.15) is 0 Å². The summed E-state index contributed by atoms with van der Waals surface area (Å²) < 4.78 is 25.2. The third-order valence-electron chi connectivity index (χ3n) is 2.82. The SMILES string of the molecule is COC(=O)[C@H]1O[C@@H](Br)[C@H](OC(C)=O)[C@H](OC(C)=O)[C@@H]1OC(C)=O. The summed E-state index contributed by atoms with van der Waals surface area (Å²) in [5.74, 6) is -2.95. The summed E-state index contributed by atoms with van der Waals surface area (Å²) >= 11 is 3.11. The maximum Gasteiger partial charge on any atom is 0.339 e. The third-order valence-corrected chi connectivity index (χ3v) is 3.56. The van der Waals surface area contributed by atoms with Gasteiger partial charge >= 0.3 is 23.9 Å². The highest BCUT2D eigenvalue weighted by Crippen LogP contribution is 2.31. The number of hydrogen-bond donors (Lipinski definition) is 0. The summed E-state index contributed by atoms with van der Waals surface area (Å²) in [6.07, 6.45) is -5.06. The molecule has 1 aliphatic rings. The lowest BCUT2D eigenvalue weighted by molar-refractivity contribution is -0.234. The molecule has 1 rings (SSSR count). The summed E-state index contributed by atoms with van der Waals surface area (Å²) in [5, 5.41) is -0.980. The summed E-state index contributed by atoms with van der Waals surface area (Å²) in [6.45, 7) is 3.39. The predicted molar refractivity (Wildman–Crippen MR) is 76.3 cm³/mol. The van der Waals surface area contributed by atoms with Crippen LogP contribution in [0.15, 0.2) is 0 Å². The molecule has 130 valence electrons. The average Bonchev–Trinajstić information content (AvgIpc) is 2.43. The fourth-order valence-corrected chi connectivity index (χ4v) is 2.71. The molecule has 1 heterocycles. The minimum absolute atomic E-state index is 0.668. The van der Waals surface area contributed by atoms with E-state index in [0.717, 1.165) is 27.9 Å². The topological polar surface area (TPSA) is 114 Å². The Labute approximate surface area is 140 Å². The second-order valence-electron chi connectivity index (χ2n) is 4.65. The summed E-state index contributed by atoms with van der Waals surface area (Å²) in [6, 6.07) is 0. The van der Waals surface area contributed by atoms with E-state index in [0.29, 0.717) is 0 Å². The largest absolute Gasteiger partial charge is 0.467 e. The Morgan fingerprint density at radius 2 is 1.26 bits per heavy atom. The average molecular weight is 397 g/mol. The molecule has 10 heteroatoms. The van der Waals surface area contributed by atoms with Crippen LogP contribution in [0.1, 0.15) is 20.8 Å². The van der Waals surface area contributed by atoms with Gasteiger partial charge < -0.3 is 23.7 Å². The molecule has 0 amide bonds. The van der Waals surface area contributed by atoms with E-state index in [2.05, 4.69) is 20.7 Å². The summed E-state index contributed by atoms with van der Waals surface area (Å²) in [5.41, 5.74) is 0. The Kier molecular flexibility index (Phi) is 6.95. The van der Waals surface area contributed by atoms with E-state index in [-0.39, 0.29) is 0 Å². The molecule has 0 aliphatic carbocycles. The normalized spacial score (nSPS) is 30.0. The molecule has 23 heavy (non-hydrogen) atoms. The Balaban J connectivity index is 3.21. The van der Waals surface area contributed by atoms with Gasteiger partial charge in [-0.15, -0.1) is 0 Å². The number of rotatable bonds is 4. The lowest BCUT2D eigenvalue weighted by Gasteiger charge is -2.41. The highest BCUT2D eigenvalue weighted by atomic mass is 79.9. The van der Waals surface area contributed by atoms with Crippen LogP contribution in [0.5, 0.6) is 0 Å². The zero-order valence-corrected chi connectivity index (χ0v) is 14.5. The van der Waals surface area contributed by atoms with Gasteiger partial charge in [0, 0.05) is 20.8 Å². The van der Waals surface area contributed by atoms with Crippen LogP contribution in [0.2, 0.25) is 0 Å². The second kappa shape index (κ2) is 8.25. The van der Waals surface area contributed by atoms with Crippen molar-refractivity contribution in [1.29, 1.82) is 0 Å². The molecule has 0 aromatic rings. The maximum atomic E-state index is 11.9. The van der Waals surface area contributed by atoms with Crippen LogP contribution in [-0.2, 0) is 42.9 Å². The fraction of sp³-hybridized carbons (Fsp3) is 0.692. The van der Waals surface area contributed by atoms with Crippen LogP contribution in [-0.4, -0.2) is 60.4 Å². The van der Waals surface area contributed by atoms with Gasteiger partial charge in [0.15, 0.2) is 29.4 Å². The zero-order valence-electron chi connectivity index (χ0n) is 12.9. The Morgan fingerprint density at radius 3 is 1.70 bits per heavy atom. The van der Waals surface area contributed by atoms with Gasteiger partial charge in [0.2, 0.25) is 0 Å². The van der Waals surface area contributed by atoms with Crippen LogP contribution < -0.4 is 0 Å². The molecule has 9 nitrogen and oxygen atoms in total. The third kappa shape index (κ3) is 5.17. The molecule has 1 saturated heterocycles. The molecule has 0 N–H and O–H groups in total. The number of carbonyl (C=O) groups is 4. The molecular formula is C13H17BrO9. The molecule has 1 aliphatic heterocycles. The minimum Gasteiger partial charge on any atom is -0.467 e. The molecule has 0 aromatic heterocycles. The number of halogens is 1. The van der Waals surface area contributed by atoms with Gasteiger partial charge in [0.05, 0.1) is 7.11 Å². The first kappa shape index (κ1) is 19.4. The molecule has 0 saturated carbocycles. The molecule has 1 fully saturated rings. The van der Waals surface area contributed by atoms with E-state index in [9.17, 15) is 19.2 Å². The lowest BCUT2D eigenvalue weighted by atomic mass is 9.99. The number of carbonyl (C=O) groups excluding carboxylic acids is 4. The molecule has 0 unspecified atom stereocenters. The zero-order chi connectivity index (χ0) is 17.7. The van der Waals surface area contributed by atoms with E-state index in [1.807, 2.05) is 0 Å². The molecule has 0 radical (unpaired) electrons. The van der Waals surface area contributed by atoms with Gasteiger partial charge in [0.25, 0.3) is 0 Å². The van der Waals surface area contributed by atoms with Gasteiger partial charge in [-0.3, -0.25) is 14.4 Å². The van der Waals surface area contributed by atoms with Crippen LogP contribution >= 0.6 is 15.9 Å². The number of ether oxygens (including phenoxy) is 5. The Bertz CT molecular complexity index is 492. The highest BCUT2D eigenvalue weighted by molar-refractivity contribution is 9.09. The quantitative estimate of drug-likeness (QED) is 0.369. The van der Waals surface area contributed by atoms with E-state index in [1.165, 1.54) is 0 Å². The van der Waals surface area contributed by atoms with Crippen LogP contribution in [0, 0.1) is 0 Å². The number of hydrogen-bond acceptors (Lipinski definition) is 9. The van der Waals surface area contributed by atoms with Crippen molar-refractivity contribution in [2.45, 2.75) is 50.2 Å². The van der Waals surface area contributed by atoms with Crippen molar-refractivity contribution < 1.29 is 42.9 Å². The van der Waals surface area contributed by atoms with Crippen molar-refractivity contribution in [3.05, 3.63) is 0 Å². The van der Waals surface area contributed by atoms with Gasteiger partial charge in [-0.1, -0.05) is 15.9 Å². The molecular weight excluding hydrogens is 380 g/mol. The standard InChI is InChI=1S/C13H17BrO9/c1-5(15)20-8-9(21-6(2)16)11(13(18)19-4)23-12(14)10(8)22-7(3)17/h8-12H,1-4H3/t8-,9+,10-,11+,12-/m1/s1. The van der Waals surface area contributed by atoms with Crippen LogP contribution in [0.4, 0.5) is 0 Å². The Morgan fingerprint density at radius 1 is 0.826 bits per heavy atom. The first-order valence-corrected chi connectivity index (χ1v) is 7.48. The van der Waals surface area contributed by atoms with Crippen molar-refractivity contribution >= 4 is 39.8 Å². The number of methoxy groups -OCH3 is 1. The smallest absolute Gasteiger partial charge is 0.339 e. The number of esters is 4. The number of alkyl halides is 1. The van der Waals surface area contributed by atoms with E-state index < -0.39 is 53.3 Å². The van der Waals surface area contributed by atoms with E-state index in [1.54, 1.807) is 0 Å². The molecule has 0 spiro atoms. The lowest BCUT2D eigenvalue weighted by Crippen LogP contribution is -2.61. The van der Waals surface area contributed by atoms with Gasteiger partial charge in [-0.25, -0.2) is 4.79 Å². The van der Waals surface area contributed by atoms with Crippen LogP contribution in [0.25, 0.3) is 0 Å². The first-order valence-electron chi connectivity index (χ1n) is 6.56. The maximum absolute atomic E-state index is 11.9. The van der Waals surface area contributed by atoms with Crippen molar-refractivity contribution in [3.63, 3.8) is 0 Å². The molecule has 5 atom stereocenters. The minimum atomic E-state index is -1.36. The van der Waals surface area contributed by atoms with Crippen molar-refractivity contribution in [3.8, 4) is 0 Å². The van der Waals surface area contributed by atoms with Gasteiger partial charge in [0.1, 0.15) is 0 Å². The van der Waals surface area contributed by atoms with E-state index >= 15 is 0 Å². The summed E-state index contributed by atoms with van der Waals surface area (Å²) in [7, 11) is 1.12. The molecule has 0 bridgehead atoms. The van der Waals surface area contributed by atoms with Crippen molar-refractivity contribution in [1.82, 2.24) is 0 Å². The first-order chi connectivity index (χ1) is 10.7. The summed E-state index contributed by atoms with van der Waals surface area (Å²) in [4.78, 5) is 45.8. The van der Waals surface area contributed by atoms with Gasteiger partial charge in [-0.05, 0) is 0 Å². The predicted octanol–water partition coefficient (Wildman–Crippen LogP) is 0.0743. The van der Waals surface area contributed by atoms with Crippen molar-refractivity contribution in [2.24, 2.45) is 0 Å².